The highest BCUT2D eigenvalue weighted by atomic mass is 79.9. The molecule has 0 amide bonds. The lowest BCUT2D eigenvalue weighted by Crippen LogP contribution is -2.04. The summed E-state index contributed by atoms with van der Waals surface area (Å²) in [4.78, 5) is 17.1. The van der Waals surface area contributed by atoms with Gasteiger partial charge in [0.2, 0.25) is 0 Å². The highest BCUT2D eigenvalue weighted by molar-refractivity contribution is 9.10. The minimum atomic E-state index is -0.0104. The summed E-state index contributed by atoms with van der Waals surface area (Å²) >= 11 is 3.44. The predicted molar refractivity (Wildman–Crippen MR) is 87.2 cm³/mol. The Balaban J connectivity index is 2.12. The Labute approximate surface area is 131 Å². The van der Waals surface area contributed by atoms with Gasteiger partial charge in [0, 0.05) is 27.4 Å². The van der Waals surface area contributed by atoms with Crippen molar-refractivity contribution in [2.45, 2.75) is 0 Å². The maximum atomic E-state index is 12.8. The molecule has 0 saturated heterocycles. The quantitative estimate of drug-likeness (QED) is 0.646. The van der Waals surface area contributed by atoms with E-state index in [0.717, 1.165) is 15.7 Å². The van der Waals surface area contributed by atoms with E-state index in [0.29, 0.717) is 11.1 Å². The molecule has 0 atom stereocenters. The summed E-state index contributed by atoms with van der Waals surface area (Å²) in [6.45, 7) is 0. The van der Waals surface area contributed by atoms with Crippen LogP contribution in [0.15, 0.2) is 77.4 Å². The molecule has 102 valence electrons. The number of hydrogen-bond donors (Lipinski definition) is 0. The van der Waals surface area contributed by atoms with Crippen molar-refractivity contribution in [3.63, 3.8) is 0 Å². The van der Waals surface area contributed by atoms with E-state index in [2.05, 4.69) is 20.9 Å². The summed E-state index contributed by atoms with van der Waals surface area (Å²) in [6, 6.07) is 20.7. The first kappa shape index (κ1) is 13.7. The minimum absolute atomic E-state index is 0.0104. The van der Waals surface area contributed by atoms with Crippen LogP contribution in [0, 0.1) is 0 Å². The lowest BCUT2D eigenvalue weighted by atomic mass is 9.96. The molecular weight excluding hydrogens is 326 g/mol. The molecule has 2 aromatic carbocycles. The van der Waals surface area contributed by atoms with Crippen molar-refractivity contribution in [2.24, 2.45) is 0 Å². The second-order valence-corrected chi connectivity index (χ2v) is 5.42. The van der Waals surface area contributed by atoms with Crippen molar-refractivity contribution in [3.8, 4) is 11.3 Å². The van der Waals surface area contributed by atoms with Crippen LogP contribution >= 0.6 is 15.9 Å². The first-order valence-electron chi connectivity index (χ1n) is 6.57. The predicted octanol–water partition coefficient (Wildman–Crippen LogP) is 4.74. The van der Waals surface area contributed by atoms with Crippen LogP contribution in [0.5, 0.6) is 0 Å². The van der Waals surface area contributed by atoms with Crippen molar-refractivity contribution in [3.05, 3.63) is 88.5 Å². The minimum Gasteiger partial charge on any atom is -0.289 e. The molecule has 0 aliphatic carbocycles. The molecule has 1 aromatic heterocycles. The van der Waals surface area contributed by atoms with Crippen LogP contribution in [0.3, 0.4) is 0 Å². The van der Waals surface area contributed by atoms with Crippen molar-refractivity contribution >= 4 is 21.7 Å². The van der Waals surface area contributed by atoms with E-state index < -0.39 is 0 Å². The molecule has 3 rings (SSSR count). The summed E-state index contributed by atoms with van der Waals surface area (Å²) in [5.74, 6) is -0.0104. The maximum absolute atomic E-state index is 12.8. The zero-order valence-electron chi connectivity index (χ0n) is 11.2. The van der Waals surface area contributed by atoms with E-state index >= 15 is 0 Å². The van der Waals surface area contributed by atoms with Gasteiger partial charge in [-0.05, 0) is 24.3 Å². The number of rotatable bonds is 3. The molecule has 0 unspecified atom stereocenters. The number of hydrogen-bond acceptors (Lipinski definition) is 2. The van der Waals surface area contributed by atoms with E-state index in [4.69, 9.17) is 0 Å². The SMILES string of the molecule is O=C(c1ccccc1Br)c1ccccc1-c1ccccn1. The number of nitrogens with zero attached hydrogens (tertiary/aromatic N) is 1. The van der Waals surface area contributed by atoms with Gasteiger partial charge in [-0.2, -0.15) is 0 Å². The normalized spacial score (nSPS) is 10.3. The third-order valence-electron chi connectivity index (χ3n) is 3.23. The van der Waals surface area contributed by atoms with Crippen LogP contribution in [-0.2, 0) is 0 Å². The molecule has 2 nitrogen and oxygen atoms in total. The first-order valence-corrected chi connectivity index (χ1v) is 7.36. The summed E-state index contributed by atoms with van der Waals surface area (Å²) in [5, 5.41) is 0. The van der Waals surface area contributed by atoms with Crippen LogP contribution in [0.1, 0.15) is 15.9 Å². The van der Waals surface area contributed by atoms with E-state index in [1.54, 1.807) is 6.20 Å². The summed E-state index contributed by atoms with van der Waals surface area (Å²) < 4.78 is 0.797. The van der Waals surface area contributed by atoms with Gasteiger partial charge in [-0.3, -0.25) is 9.78 Å². The van der Waals surface area contributed by atoms with Crippen molar-refractivity contribution in [2.75, 3.05) is 0 Å². The zero-order chi connectivity index (χ0) is 14.7. The van der Waals surface area contributed by atoms with E-state index in [9.17, 15) is 4.79 Å². The molecular formula is C18H12BrNO. The molecule has 21 heavy (non-hydrogen) atoms. The number of benzene rings is 2. The lowest BCUT2D eigenvalue weighted by molar-refractivity contribution is 0.103. The largest absolute Gasteiger partial charge is 0.289 e. The average Bonchev–Trinajstić information content (AvgIpc) is 2.55. The Morgan fingerprint density at radius 1 is 0.810 bits per heavy atom. The molecule has 0 saturated carbocycles. The lowest BCUT2D eigenvalue weighted by Gasteiger charge is -2.09. The van der Waals surface area contributed by atoms with Gasteiger partial charge in [-0.25, -0.2) is 0 Å². The van der Waals surface area contributed by atoms with E-state index in [1.165, 1.54) is 0 Å². The van der Waals surface area contributed by atoms with E-state index in [-0.39, 0.29) is 5.78 Å². The maximum Gasteiger partial charge on any atom is 0.194 e. The van der Waals surface area contributed by atoms with Gasteiger partial charge in [-0.15, -0.1) is 0 Å². The second-order valence-electron chi connectivity index (χ2n) is 4.57. The van der Waals surface area contributed by atoms with Crippen LogP contribution in [-0.4, -0.2) is 10.8 Å². The van der Waals surface area contributed by atoms with Crippen molar-refractivity contribution in [1.82, 2.24) is 4.98 Å². The fourth-order valence-corrected chi connectivity index (χ4v) is 2.68. The molecule has 0 aliphatic heterocycles. The van der Waals surface area contributed by atoms with Gasteiger partial charge in [-0.1, -0.05) is 58.4 Å². The molecule has 0 bridgehead atoms. The van der Waals surface area contributed by atoms with Crippen LogP contribution < -0.4 is 0 Å². The van der Waals surface area contributed by atoms with Gasteiger partial charge in [0.15, 0.2) is 5.78 Å². The van der Waals surface area contributed by atoms with Gasteiger partial charge in [0.25, 0.3) is 0 Å². The summed E-state index contributed by atoms with van der Waals surface area (Å²) in [5.41, 5.74) is 2.95. The number of carbonyl (C=O) groups is 1. The van der Waals surface area contributed by atoms with Crippen LogP contribution in [0.2, 0.25) is 0 Å². The highest BCUT2D eigenvalue weighted by Gasteiger charge is 2.16. The van der Waals surface area contributed by atoms with Crippen molar-refractivity contribution in [1.29, 1.82) is 0 Å². The number of carbonyl (C=O) groups excluding carboxylic acids is 1. The van der Waals surface area contributed by atoms with Crippen molar-refractivity contribution < 1.29 is 4.79 Å². The fraction of sp³-hybridized carbons (Fsp3) is 0. The molecule has 0 fully saturated rings. The van der Waals surface area contributed by atoms with Crippen LogP contribution in [0.4, 0.5) is 0 Å². The Morgan fingerprint density at radius 2 is 1.48 bits per heavy atom. The molecule has 0 spiro atoms. The topological polar surface area (TPSA) is 30.0 Å². The zero-order valence-corrected chi connectivity index (χ0v) is 12.7. The number of pyridine rings is 1. The van der Waals surface area contributed by atoms with Gasteiger partial charge >= 0.3 is 0 Å². The van der Waals surface area contributed by atoms with Gasteiger partial charge in [0.1, 0.15) is 0 Å². The van der Waals surface area contributed by atoms with Gasteiger partial charge < -0.3 is 0 Å². The molecule has 0 radical (unpaired) electrons. The summed E-state index contributed by atoms with van der Waals surface area (Å²) in [7, 11) is 0. The number of ketones is 1. The molecule has 1 heterocycles. The average molecular weight is 338 g/mol. The third kappa shape index (κ3) is 2.78. The Bertz CT molecular complexity index is 784. The van der Waals surface area contributed by atoms with Gasteiger partial charge in [0.05, 0.1) is 5.69 Å². The Morgan fingerprint density at radius 3 is 2.19 bits per heavy atom. The molecule has 0 aliphatic rings. The Hall–Kier alpha value is -2.26. The third-order valence-corrected chi connectivity index (χ3v) is 3.92. The molecule has 3 aromatic rings. The molecule has 0 N–H and O–H groups in total. The number of aromatic nitrogens is 1. The van der Waals surface area contributed by atoms with E-state index in [1.807, 2.05) is 66.7 Å². The fourth-order valence-electron chi connectivity index (χ4n) is 2.22. The molecule has 3 heteroatoms. The summed E-state index contributed by atoms with van der Waals surface area (Å²) in [6.07, 6.45) is 1.73. The first-order chi connectivity index (χ1) is 10.3. The smallest absolute Gasteiger partial charge is 0.194 e. The Kier molecular flexibility index (Phi) is 3.93. The highest BCUT2D eigenvalue weighted by Crippen LogP contribution is 2.26. The number of halogens is 1. The monoisotopic (exact) mass is 337 g/mol. The standard InChI is InChI=1S/C18H12BrNO/c19-16-10-4-3-9-15(16)18(21)14-8-2-1-7-13(14)17-11-5-6-12-20-17/h1-12H. The second kappa shape index (κ2) is 6.02. The van der Waals surface area contributed by atoms with Crippen LogP contribution in [0.25, 0.3) is 11.3 Å².